The zero-order valence-corrected chi connectivity index (χ0v) is 13.5. The number of alkyl halides is 3. The van der Waals surface area contributed by atoms with Gasteiger partial charge in [0.2, 0.25) is 0 Å². The van der Waals surface area contributed by atoms with E-state index in [2.05, 4.69) is 26.2 Å². The van der Waals surface area contributed by atoms with Crippen molar-refractivity contribution >= 4 is 21.7 Å². The third-order valence-electron chi connectivity index (χ3n) is 3.70. The van der Waals surface area contributed by atoms with Crippen LogP contribution >= 0.6 is 15.9 Å². The Labute approximate surface area is 131 Å². The van der Waals surface area contributed by atoms with E-state index >= 15 is 0 Å². The average Bonchev–Trinajstić information content (AvgIpc) is 2.45. The highest BCUT2D eigenvalue weighted by Crippen LogP contribution is 2.37. The van der Waals surface area contributed by atoms with Crippen LogP contribution in [0.5, 0.6) is 0 Å². The van der Waals surface area contributed by atoms with E-state index in [0.717, 1.165) is 32.0 Å². The van der Waals surface area contributed by atoms with Crippen LogP contribution in [0.25, 0.3) is 0 Å². The van der Waals surface area contributed by atoms with Gasteiger partial charge in [0.25, 0.3) is 0 Å². The van der Waals surface area contributed by atoms with Crippen molar-refractivity contribution in [1.82, 2.24) is 10.3 Å². The second-order valence-corrected chi connectivity index (χ2v) is 6.19. The molecule has 1 aromatic heterocycles. The van der Waals surface area contributed by atoms with Gasteiger partial charge in [0, 0.05) is 23.8 Å². The first-order valence-electron chi connectivity index (χ1n) is 7.10. The lowest BCUT2D eigenvalue weighted by molar-refractivity contribution is -0.137. The number of anilines is 1. The van der Waals surface area contributed by atoms with E-state index in [4.69, 9.17) is 0 Å². The Morgan fingerprint density at radius 3 is 2.81 bits per heavy atom. The fourth-order valence-electron chi connectivity index (χ4n) is 2.65. The molecule has 1 aromatic rings. The first kappa shape index (κ1) is 16.5. The van der Waals surface area contributed by atoms with Crippen LogP contribution in [0.3, 0.4) is 0 Å². The molecule has 0 bridgehead atoms. The molecular formula is C14H19BrF3N3. The van der Waals surface area contributed by atoms with Crippen LogP contribution in [0.2, 0.25) is 0 Å². The molecule has 0 amide bonds. The molecule has 21 heavy (non-hydrogen) atoms. The van der Waals surface area contributed by atoms with E-state index in [1.54, 1.807) is 4.90 Å². The molecule has 7 heteroatoms. The summed E-state index contributed by atoms with van der Waals surface area (Å²) >= 11 is 3.07. The molecule has 1 N–H and O–H groups in total. The van der Waals surface area contributed by atoms with Crippen LogP contribution in [-0.2, 0) is 6.18 Å². The highest BCUT2D eigenvalue weighted by molar-refractivity contribution is 9.10. The molecule has 0 radical (unpaired) electrons. The summed E-state index contributed by atoms with van der Waals surface area (Å²) in [6.45, 7) is 4.82. The van der Waals surface area contributed by atoms with Crippen molar-refractivity contribution in [3.8, 4) is 0 Å². The van der Waals surface area contributed by atoms with E-state index < -0.39 is 11.7 Å². The lowest BCUT2D eigenvalue weighted by Crippen LogP contribution is -2.39. The van der Waals surface area contributed by atoms with Crippen molar-refractivity contribution in [3.05, 3.63) is 22.3 Å². The maximum atomic E-state index is 13.2. The van der Waals surface area contributed by atoms with Crippen LogP contribution in [0, 0.1) is 5.92 Å². The van der Waals surface area contributed by atoms with Gasteiger partial charge >= 0.3 is 6.18 Å². The Morgan fingerprint density at radius 1 is 1.48 bits per heavy atom. The minimum absolute atomic E-state index is 0.0266. The second kappa shape index (κ2) is 6.96. The molecule has 3 nitrogen and oxygen atoms in total. The normalized spacial score (nSPS) is 19.6. The van der Waals surface area contributed by atoms with Gasteiger partial charge in [-0.15, -0.1) is 0 Å². The fourth-order valence-corrected chi connectivity index (χ4v) is 2.98. The van der Waals surface area contributed by atoms with Gasteiger partial charge in [-0.25, -0.2) is 4.98 Å². The first-order valence-corrected chi connectivity index (χ1v) is 7.89. The van der Waals surface area contributed by atoms with E-state index in [9.17, 15) is 13.2 Å². The van der Waals surface area contributed by atoms with Crippen molar-refractivity contribution in [1.29, 1.82) is 0 Å². The molecule has 1 aliphatic rings. The zero-order valence-electron chi connectivity index (χ0n) is 11.9. The van der Waals surface area contributed by atoms with Crippen molar-refractivity contribution in [3.63, 3.8) is 0 Å². The van der Waals surface area contributed by atoms with Crippen LogP contribution in [0.4, 0.5) is 19.0 Å². The topological polar surface area (TPSA) is 28.2 Å². The number of halogens is 4. The number of hydrogen-bond acceptors (Lipinski definition) is 3. The Kier molecular flexibility index (Phi) is 5.48. The minimum atomic E-state index is -4.40. The first-order chi connectivity index (χ1) is 9.91. The van der Waals surface area contributed by atoms with E-state index in [1.807, 2.05) is 6.92 Å². The number of nitrogens with one attached hydrogen (secondary N) is 1. The van der Waals surface area contributed by atoms with Crippen molar-refractivity contribution in [2.45, 2.75) is 25.9 Å². The summed E-state index contributed by atoms with van der Waals surface area (Å²) in [6, 6.07) is 1.10. The zero-order chi connectivity index (χ0) is 15.5. The number of piperidine rings is 1. The van der Waals surface area contributed by atoms with Gasteiger partial charge < -0.3 is 10.2 Å². The van der Waals surface area contributed by atoms with Crippen molar-refractivity contribution < 1.29 is 13.2 Å². The van der Waals surface area contributed by atoms with Gasteiger partial charge in [-0.2, -0.15) is 13.2 Å². The molecule has 2 heterocycles. The van der Waals surface area contributed by atoms with Crippen LogP contribution in [-0.4, -0.2) is 31.2 Å². The lowest BCUT2D eigenvalue weighted by atomic mass is 9.99. The molecule has 1 saturated heterocycles. The number of pyridine rings is 1. The number of nitrogens with zero attached hydrogens (tertiary/aromatic N) is 2. The molecule has 2 rings (SSSR count). The largest absolute Gasteiger partial charge is 0.419 e. The Hall–Kier alpha value is -0.820. The minimum Gasteiger partial charge on any atom is -0.356 e. The Morgan fingerprint density at radius 2 is 2.24 bits per heavy atom. The summed E-state index contributed by atoms with van der Waals surface area (Å²) in [6.07, 6.45) is -0.861. The van der Waals surface area contributed by atoms with Gasteiger partial charge in [0.05, 0.1) is 5.56 Å². The molecule has 1 fully saturated rings. The van der Waals surface area contributed by atoms with Gasteiger partial charge in [-0.3, -0.25) is 0 Å². The number of rotatable bonds is 4. The summed E-state index contributed by atoms with van der Waals surface area (Å²) in [7, 11) is 0. The van der Waals surface area contributed by atoms with Crippen LogP contribution in [0.1, 0.15) is 25.3 Å². The SMILES string of the molecule is CCN(CC1CCCNC1)c1ncc(Br)cc1C(F)(F)F. The quantitative estimate of drug-likeness (QED) is 0.881. The highest BCUT2D eigenvalue weighted by atomic mass is 79.9. The summed E-state index contributed by atoms with van der Waals surface area (Å²) in [5.74, 6) is 0.393. The van der Waals surface area contributed by atoms with Gasteiger partial charge in [-0.1, -0.05) is 0 Å². The molecule has 1 aliphatic heterocycles. The van der Waals surface area contributed by atoms with Gasteiger partial charge in [-0.05, 0) is 60.8 Å². The maximum Gasteiger partial charge on any atom is 0.419 e. The monoisotopic (exact) mass is 365 g/mol. The predicted molar refractivity (Wildman–Crippen MR) is 80.4 cm³/mol. The fraction of sp³-hybridized carbons (Fsp3) is 0.643. The van der Waals surface area contributed by atoms with Gasteiger partial charge in [0.1, 0.15) is 5.82 Å². The standard InChI is InChI=1S/C14H19BrF3N3/c1-2-21(9-10-4-3-5-19-7-10)13-12(14(16,17)18)6-11(15)8-20-13/h6,8,10,19H,2-5,7,9H2,1H3. The molecular weight excluding hydrogens is 347 g/mol. The molecule has 0 aliphatic carbocycles. The number of hydrogen-bond donors (Lipinski definition) is 1. The van der Waals surface area contributed by atoms with Crippen LogP contribution in [0.15, 0.2) is 16.7 Å². The summed E-state index contributed by atoms with van der Waals surface area (Å²) in [4.78, 5) is 5.75. The average molecular weight is 366 g/mol. The Bertz CT molecular complexity index is 473. The second-order valence-electron chi connectivity index (χ2n) is 5.27. The van der Waals surface area contributed by atoms with Crippen molar-refractivity contribution in [2.75, 3.05) is 31.1 Å². The van der Waals surface area contributed by atoms with Crippen LogP contribution < -0.4 is 10.2 Å². The Balaban J connectivity index is 2.24. The number of aromatic nitrogens is 1. The smallest absolute Gasteiger partial charge is 0.356 e. The lowest BCUT2D eigenvalue weighted by Gasteiger charge is -2.31. The molecule has 1 atom stereocenters. The van der Waals surface area contributed by atoms with E-state index in [-0.39, 0.29) is 5.82 Å². The molecule has 0 saturated carbocycles. The molecule has 118 valence electrons. The maximum absolute atomic E-state index is 13.2. The third-order valence-corrected chi connectivity index (χ3v) is 4.13. The van der Waals surface area contributed by atoms with Gasteiger partial charge in [0.15, 0.2) is 0 Å². The van der Waals surface area contributed by atoms with Crippen molar-refractivity contribution in [2.24, 2.45) is 5.92 Å². The van der Waals surface area contributed by atoms with E-state index in [1.165, 1.54) is 6.20 Å². The predicted octanol–water partition coefficient (Wildman–Crippen LogP) is 3.69. The molecule has 0 aromatic carbocycles. The van der Waals surface area contributed by atoms with E-state index in [0.29, 0.717) is 23.5 Å². The molecule has 0 spiro atoms. The summed E-state index contributed by atoms with van der Waals surface area (Å²) in [5.41, 5.74) is -0.678. The molecule has 1 unspecified atom stereocenters. The third kappa shape index (κ3) is 4.32. The summed E-state index contributed by atoms with van der Waals surface area (Å²) < 4.78 is 40.0. The summed E-state index contributed by atoms with van der Waals surface area (Å²) in [5, 5.41) is 3.29. The highest BCUT2D eigenvalue weighted by Gasteiger charge is 2.36.